The Kier molecular flexibility index (Phi) is 11.3. The summed E-state index contributed by atoms with van der Waals surface area (Å²) in [5.74, 6) is 0.175. The van der Waals surface area contributed by atoms with Crippen molar-refractivity contribution in [2.75, 3.05) is 19.7 Å². The van der Waals surface area contributed by atoms with Gasteiger partial charge in [0.1, 0.15) is 11.6 Å². The van der Waals surface area contributed by atoms with Crippen LogP contribution in [0.3, 0.4) is 0 Å². The molecule has 35 heavy (non-hydrogen) atoms. The van der Waals surface area contributed by atoms with Crippen molar-refractivity contribution in [3.63, 3.8) is 0 Å². The Bertz CT molecular complexity index is 879. The molecule has 2 heterocycles. The van der Waals surface area contributed by atoms with Crippen molar-refractivity contribution >= 4 is 11.8 Å². The van der Waals surface area contributed by atoms with E-state index >= 15 is 0 Å². The van der Waals surface area contributed by atoms with E-state index in [9.17, 15) is 14.0 Å². The molecule has 1 unspecified atom stereocenters. The number of carbonyl (C=O) groups excluding carboxylic acids is 2. The zero-order chi connectivity index (χ0) is 24.9. The van der Waals surface area contributed by atoms with E-state index in [0.717, 1.165) is 37.7 Å². The molecule has 1 saturated heterocycles. The number of hydrogen-bond acceptors (Lipinski definition) is 4. The van der Waals surface area contributed by atoms with Crippen LogP contribution in [0.4, 0.5) is 4.39 Å². The number of hydrogen-bond donors (Lipinski definition) is 0. The number of furan rings is 1. The normalized spacial score (nSPS) is 15.3. The predicted molar refractivity (Wildman–Crippen MR) is 133 cm³/mol. The number of unbranched alkanes of at least 4 members (excludes halogenated alkanes) is 5. The molecule has 1 fully saturated rings. The van der Waals surface area contributed by atoms with E-state index < -0.39 is 0 Å². The topological polar surface area (TPSA) is 63.0 Å². The van der Waals surface area contributed by atoms with Gasteiger partial charge in [-0.15, -0.1) is 0 Å². The first-order valence-corrected chi connectivity index (χ1v) is 13.0. The smallest absolute Gasteiger partial charge is 0.242 e. The molecule has 3 rings (SSSR count). The summed E-state index contributed by atoms with van der Waals surface area (Å²) >= 11 is 0. The van der Waals surface area contributed by atoms with Crippen LogP contribution in [0.2, 0.25) is 0 Å². The van der Waals surface area contributed by atoms with Crippen LogP contribution in [-0.2, 0) is 27.4 Å². The van der Waals surface area contributed by atoms with Gasteiger partial charge in [-0.05, 0) is 49.1 Å². The molecule has 7 heteroatoms. The fourth-order valence-electron chi connectivity index (χ4n) is 4.40. The minimum Gasteiger partial charge on any atom is -0.467 e. The van der Waals surface area contributed by atoms with E-state index in [1.165, 1.54) is 31.4 Å². The highest BCUT2D eigenvalue weighted by Crippen LogP contribution is 2.17. The van der Waals surface area contributed by atoms with Crippen molar-refractivity contribution in [1.29, 1.82) is 0 Å². The maximum absolute atomic E-state index is 13.5. The number of benzene rings is 1. The van der Waals surface area contributed by atoms with Crippen LogP contribution in [-0.4, -0.2) is 47.4 Å². The van der Waals surface area contributed by atoms with Crippen molar-refractivity contribution in [1.82, 2.24) is 9.80 Å². The molecule has 0 bridgehead atoms. The van der Waals surface area contributed by atoms with Crippen molar-refractivity contribution < 1.29 is 23.1 Å². The maximum Gasteiger partial charge on any atom is 0.242 e. The quantitative estimate of drug-likeness (QED) is 0.303. The van der Waals surface area contributed by atoms with Crippen LogP contribution in [0.1, 0.15) is 76.0 Å². The lowest BCUT2D eigenvalue weighted by Crippen LogP contribution is -2.45. The Morgan fingerprint density at radius 1 is 0.971 bits per heavy atom. The van der Waals surface area contributed by atoms with E-state index in [-0.39, 0.29) is 36.8 Å². The van der Waals surface area contributed by atoms with Crippen molar-refractivity contribution in [2.24, 2.45) is 0 Å². The summed E-state index contributed by atoms with van der Waals surface area (Å²) in [6.07, 6.45) is 10.5. The first-order chi connectivity index (χ1) is 17.0. The molecule has 6 nitrogen and oxygen atoms in total. The van der Waals surface area contributed by atoms with Crippen LogP contribution < -0.4 is 0 Å². The van der Waals surface area contributed by atoms with Crippen LogP contribution in [0.5, 0.6) is 0 Å². The van der Waals surface area contributed by atoms with E-state index in [0.29, 0.717) is 31.9 Å². The van der Waals surface area contributed by atoms with E-state index in [1.807, 2.05) is 6.07 Å². The zero-order valence-electron chi connectivity index (χ0n) is 20.9. The molecule has 1 aromatic heterocycles. The van der Waals surface area contributed by atoms with Crippen LogP contribution in [0.15, 0.2) is 47.1 Å². The summed E-state index contributed by atoms with van der Waals surface area (Å²) in [6.45, 7) is 3.91. The first kappa shape index (κ1) is 26.9. The summed E-state index contributed by atoms with van der Waals surface area (Å²) in [6, 6.07) is 9.72. The zero-order valence-corrected chi connectivity index (χ0v) is 20.9. The molecule has 1 aromatic carbocycles. The molecule has 0 spiro atoms. The standard InChI is InChI=1S/C28H39FN2O4/c1-2-3-4-5-6-7-12-27(32)31(21-26-11-9-18-35-26)22-28(33)30(20-25-10-8-17-34-25)19-23-13-15-24(29)16-14-23/h8,10,13-17,26H,2-7,9,11-12,18-22H2,1H3. The monoisotopic (exact) mass is 486 g/mol. The van der Waals surface area contributed by atoms with Gasteiger partial charge in [-0.3, -0.25) is 9.59 Å². The third kappa shape index (κ3) is 9.48. The molecule has 192 valence electrons. The average Bonchev–Trinajstić information content (AvgIpc) is 3.56. The summed E-state index contributed by atoms with van der Waals surface area (Å²) in [4.78, 5) is 29.9. The number of halogens is 1. The third-order valence-corrected chi connectivity index (χ3v) is 6.44. The fourth-order valence-corrected chi connectivity index (χ4v) is 4.40. The minimum atomic E-state index is -0.319. The summed E-state index contributed by atoms with van der Waals surface area (Å²) in [5, 5.41) is 0. The lowest BCUT2D eigenvalue weighted by molar-refractivity contribution is -0.142. The molecule has 1 aliphatic rings. The van der Waals surface area contributed by atoms with Crippen molar-refractivity contribution in [3.05, 3.63) is 59.8 Å². The Balaban J connectivity index is 1.64. The van der Waals surface area contributed by atoms with Crippen LogP contribution in [0.25, 0.3) is 0 Å². The molecular weight excluding hydrogens is 447 g/mol. The molecule has 0 radical (unpaired) electrons. The maximum atomic E-state index is 13.5. The van der Waals surface area contributed by atoms with Gasteiger partial charge in [-0.1, -0.05) is 51.2 Å². The Labute approximate surface area is 208 Å². The lowest BCUT2D eigenvalue weighted by Gasteiger charge is -2.29. The van der Waals surface area contributed by atoms with E-state index in [2.05, 4.69) is 6.92 Å². The summed E-state index contributed by atoms with van der Waals surface area (Å²) < 4.78 is 24.6. The third-order valence-electron chi connectivity index (χ3n) is 6.44. The van der Waals surface area contributed by atoms with Gasteiger partial charge < -0.3 is 19.0 Å². The van der Waals surface area contributed by atoms with Gasteiger partial charge in [0, 0.05) is 26.1 Å². The van der Waals surface area contributed by atoms with Gasteiger partial charge in [0.25, 0.3) is 0 Å². The number of ether oxygens (including phenoxy) is 1. The largest absolute Gasteiger partial charge is 0.467 e. The number of amides is 2. The van der Waals surface area contributed by atoms with E-state index in [4.69, 9.17) is 9.15 Å². The van der Waals surface area contributed by atoms with Gasteiger partial charge in [0.2, 0.25) is 11.8 Å². The number of carbonyl (C=O) groups is 2. The van der Waals surface area contributed by atoms with Crippen molar-refractivity contribution in [3.8, 4) is 0 Å². The second-order valence-electron chi connectivity index (χ2n) is 9.38. The molecule has 1 aliphatic heterocycles. The molecule has 1 atom stereocenters. The van der Waals surface area contributed by atoms with Crippen LogP contribution >= 0.6 is 0 Å². The van der Waals surface area contributed by atoms with E-state index in [1.54, 1.807) is 34.3 Å². The highest BCUT2D eigenvalue weighted by Gasteiger charge is 2.26. The van der Waals surface area contributed by atoms with Gasteiger partial charge in [0.15, 0.2) is 0 Å². The summed E-state index contributed by atoms with van der Waals surface area (Å²) in [5.41, 5.74) is 0.815. The van der Waals surface area contributed by atoms with Crippen molar-refractivity contribution in [2.45, 2.75) is 83.9 Å². The van der Waals surface area contributed by atoms with Gasteiger partial charge in [0.05, 0.1) is 25.5 Å². The van der Waals surface area contributed by atoms with Gasteiger partial charge in [-0.2, -0.15) is 0 Å². The first-order valence-electron chi connectivity index (χ1n) is 13.0. The minimum absolute atomic E-state index is 0.00354. The molecule has 2 aromatic rings. The second-order valence-corrected chi connectivity index (χ2v) is 9.38. The fraction of sp³-hybridized carbons (Fsp3) is 0.571. The number of rotatable bonds is 15. The molecule has 0 N–H and O–H groups in total. The Hall–Kier alpha value is -2.67. The van der Waals surface area contributed by atoms with Gasteiger partial charge >= 0.3 is 0 Å². The molecular formula is C28H39FN2O4. The average molecular weight is 487 g/mol. The highest BCUT2D eigenvalue weighted by molar-refractivity contribution is 5.84. The SMILES string of the molecule is CCCCCCCCC(=O)N(CC(=O)N(Cc1ccc(F)cc1)Cc1ccco1)CC1CCCO1. The number of nitrogens with zero attached hydrogens (tertiary/aromatic N) is 2. The second kappa shape index (κ2) is 14.7. The molecule has 0 saturated carbocycles. The van der Waals surface area contributed by atoms with Gasteiger partial charge in [-0.25, -0.2) is 4.39 Å². The molecule has 2 amide bonds. The molecule has 0 aliphatic carbocycles. The lowest BCUT2D eigenvalue weighted by atomic mass is 10.1. The van der Waals surface area contributed by atoms with Crippen LogP contribution in [0, 0.1) is 5.82 Å². The Morgan fingerprint density at radius 3 is 2.43 bits per heavy atom. The highest BCUT2D eigenvalue weighted by atomic mass is 19.1. The summed E-state index contributed by atoms with van der Waals surface area (Å²) in [7, 11) is 0. The Morgan fingerprint density at radius 2 is 1.74 bits per heavy atom. The predicted octanol–water partition coefficient (Wildman–Crippen LogP) is 5.71.